The SMILES string of the molecule is C[NH+]1CCN(c2ccccc2/C=N\NC(=O)c2cccnc2)CC1. The van der Waals surface area contributed by atoms with Gasteiger partial charge in [0.2, 0.25) is 0 Å². The van der Waals surface area contributed by atoms with E-state index in [1.165, 1.54) is 6.20 Å². The average molecular weight is 324 g/mol. The number of nitrogens with zero attached hydrogens (tertiary/aromatic N) is 3. The number of hydrazone groups is 1. The minimum absolute atomic E-state index is 0.264. The van der Waals surface area contributed by atoms with Crippen LogP contribution in [-0.2, 0) is 0 Å². The molecule has 1 aromatic carbocycles. The third-order valence-electron chi connectivity index (χ3n) is 4.19. The van der Waals surface area contributed by atoms with E-state index in [0.29, 0.717) is 5.56 Å². The minimum Gasteiger partial charge on any atom is -0.360 e. The van der Waals surface area contributed by atoms with Gasteiger partial charge < -0.3 is 9.80 Å². The van der Waals surface area contributed by atoms with Crippen molar-refractivity contribution in [3.8, 4) is 0 Å². The molecular formula is C18H22N5O+. The quantitative estimate of drug-likeness (QED) is 0.623. The number of likely N-dealkylation sites (N-methyl/N-ethyl adjacent to an activating group) is 1. The monoisotopic (exact) mass is 324 g/mol. The highest BCUT2D eigenvalue weighted by atomic mass is 16.2. The fourth-order valence-electron chi connectivity index (χ4n) is 2.74. The highest BCUT2D eigenvalue weighted by molar-refractivity contribution is 5.95. The van der Waals surface area contributed by atoms with Gasteiger partial charge in [-0.2, -0.15) is 5.10 Å². The van der Waals surface area contributed by atoms with Crippen LogP contribution in [0.3, 0.4) is 0 Å². The highest BCUT2D eigenvalue weighted by Crippen LogP contribution is 2.18. The number of quaternary nitrogens is 1. The van der Waals surface area contributed by atoms with Gasteiger partial charge in [-0.25, -0.2) is 5.43 Å². The first-order valence-corrected chi connectivity index (χ1v) is 8.13. The van der Waals surface area contributed by atoms with Crippen molar-refractivity contribution in [3.63, 3.8) is 0 Å². The van der Waals surface area contributed by atoms with E-state index in [0.717, 1.165) is 37.4 Å². The van der Waals surface area contributed by atoms with E-state index in [9.17, 15) is 4.79 Å². The second-order valence-electron chi connectivity index (χ2n) is 5.94. The predicted octanol–water partition coefficient (Wildman–Crippen LogP) is 0.180. The van der Waals surface area contributed by atoms with Crippen LogP contribution in [0.25, 0.3) is 0 Å². The Labute approximate surface area is 141 Å². The molecule has 1 saturated heterocycles. The Bertz CT molecular complexity index is 708. The fraction of sp³-hybridized carbons (Fsp3) is 0.278. The lowest BCUT2D eigenvalue weighted by molar-refractivity contribution is -0.880. The van der Waals surface area contributed by atoms with Gasteiger partial charge in [-0.1, -0.05) is 18.2 Å². The summed E-state index contributed by atoms with van der Waals surface area (Å²) >= 11 is 0. The Balaban J connectivity index is 1.68. The Morgan fingerprint density at radius 2 is 2.04 bits per heavy atom. The number of para-hydroxylation sites is 1. The molecule has 0 atom stereocenters. The van der Waals surface area contributed by atoms with Crippen LogP contribution in [0.1, 0.15) is 15.9 Å². The largest absolute Gasteiger partial charge is 0.360 e. The van der Waals surface area contributed by atoms with Gasteiger partial charge >= 0.3 is 0 Å². The highest BCUT2D eigenvalue weighted by Gasteiger charge is 2.18. The molecule has 0 spiro atoms. The maximum absolute atomic E-state index is 12.0. The first kappa shape index (κ1) is 16.1. The maximum Gasteiger partial charge on any atom is 0.272 e. The zero-order chi connectivity index (χ0) is 16.8. The second kappa shape index (κ2) is 7.70. The van der Waals surface area contributed by atoms with Crippen molar-refractivity contribution in [2.45, 2.75) is 0 Å². The number of hydrogen-bond acceptors (Lipinski definition) is 4. The summed E-state index contributed by atoms with van der Waals surface area (Å²) in [5.74, 6) is -0.264. The van der Waals surface area contributed by atoms with Crippen molar-refractivity contribution in [3.05, 3.63) is 59.9 Å². The average Bonchev–Trinajstić information content (AvgIpc) is 2.63. The van der Waals surface area contributed by atoms with Crippen molar-refractivity contribution in [2.75, 3.05) is 38.1 Å². The number of benzene rings is 1. The smallest absolute Gasteiger partial charge is 0.272 e. The molecule has 0 saturated carbocycles. The molecule has 1 aliphatic heterocycles. The summed E-state index contributed by atoms with van der Waals surface area (Å²) in [6, 6.07) is 11.6. The zero-order valence-corrected chi connectivity index (χ0v) is 13.8. The molecule has 6 heteroatoms. The fourth-order valence-corrected chi connectivity index (χ4v) is 2.74. The van der Waals surface area contributed by atoms with Crippen LogP contribution < -0.4 is 15.2 Å². The maximum atomic E-state index is 12.0. The van der Waals surface area contributed by atoms with Crippen LogP contribution in [0.15, 0.2) is 53.9 Å². The molecular weight excluding hydrogens is 302 g/mol. The summed E-state index contributed by atoms with van der Waals surface area (Å²) in [5, 5.41) is 4.10. The van der Waals surface area contributed by atoms with E-state index in [1.807, 2.05) is 18.2 Å². The molecule has 2 aromatic rings. The van der Waals surface area contributed by atoms with Gasteiger partial charge in [0.1, 0.15) is 0 Å². The molecule has 2 N–H and O–H groups in total. The van der Waals surface area contributed by atoms with Gasteiger partial charge in [0.05, 0.1) is 45.0 Å². The summed E-state index contributed by atoms with van der Waals surface area (Å²) in [7, 11) is 2.22. The van der Waals surface area contributed by atoms with Crippen LogP contribution in [0.2, 0.25) is 0 Å². The van der Waals surface area contributed by atoms with Gasteiger partial charge in [-0.3, -0.25) is 9.78 Å². The van der Waals surface area contributed by atoms with Gasteiger partial charge in [0.15, 0.2) is 0 Å². The Kier molecular flexibility index (Phi) is 5.18. The molecule has 1 aromatic heterocycles. The lowest BCUT2D eigenvalue weighted by Gasteiger charge is -2.32. The summed E-state index contributed by atoms with van der Waals surface area (Å²) < 4.78 is 0. The van der Waals surface area contributed by atoms with Crippen LogP contribution >= 0.6 is 0 Å². The Morgan fingerprint density at radius 1 is 1.25 bits per heavy atom. The summed E-state index contributed by atoms with van der Waals surface area (Å²) in [5.41, 5.74) is 5.20. The number of nitrogens with one attached hydrogen (secondary N) is 2. The predicted molar refractivity (Wildman–Crippen MR) is 94.6 cm³/mol. The summed E-state index contributed by atoms with van der Waals surface area (Å²) in [6.07, 6.45) is 4.86. The van der Waals surface area contributed by atoms with Crippen LogP contribution in [0.5, 0.6) is 0 Å². The summed E-state index contributed by atoms with van der Waals surface area (Å²) in [6.45, 7) is 4.31. The second-order valence-corrected chi connectivity index (χ2v) is 5.94. The van der Waals surface area contributed by atoms with Gasteiger partial charge in [0.25, 0.3) is 5.91 Å². The van der Waals surface area contributed by atoms with E-state index in [-0.39, 0.29) is 5.91 Å². The number of anilines is 1. The van der Waals surface area contributed by atoms with Crippen LogP contribution in [0.4, 0.5) is 5.69 Å². The normalized spacial score (nSPS) is 15.6. The summed E-state index contributed by atoms with van der Waals surface area (Å²) in [4.78, 5) is 19.8. The molecule has 124 valence electrons. The van der Waals surface area contributed by atoms with Crippen molar-refractivity contribution >= 4 is 17.8 Å². The first-order chi connectivity index (χ1) is 11.7. The van der Waals surface area contributed by atoms with E-state index in [1.54, 1.807) is 29.4 Å². The minimum atomic E-state index is -0.264. The topological polar surface area (TPSA) is 62.0 Å². The molecule has 0 aliphatic carbocycles. The van der Waals surface area contributed by atoms with Gasteiger partial charge in [-0.05, 0) is 18.2 Å². The van der Waals surface area contributed by atoms with E-state index >= 15 is 0 Å². The number of pyridine rings is 1. The molecule has 1 aliphatic rings. The number of piperazine rings is 1. The van der Waals surface area contributed by atoms with Crippen LogP contribution in [0, 0.1) is 0 Å². The molecule has 0 bridgehead atoms. The molecule has 6 nitrogen and oxygen atoms in total. The number of hydrogen-bond donors (Lipinski definition) is 2. The first-order valence-electron chi connectivity index (χ1n) is 8.13. The molecule has 1 fully saturated rings. The van der Waals surface area contributed by atoms with Crippen molar-refractivity contribution in [2.24, 2.45) is 5.10 Å². The lowest BCUT2D eigenvalue weighted by Crippen LogP contribution is -3.12. The van der Waals surface area contributed by atoms with Crippen molar-refractivity contribution in [1.82, 2.24) is 10.4 Å². The third kappa shape index (κ3) is 3.97. The van der Waals surface area contributed by atoms with E-state index in [4.69, 9.17) is 0 Å². The lowest BCUT2D eigenvalue weighted by atomic mass is 10.1. The molecule has 0 unspecified atom stereocenters. The third-order valence-corrected chi connectivity index (χ3v) is 4.19. The molecule has 0 radical (unpaired) electrons. The number of amides is 1. The van der Waals surface area contributed by atoms with Gasteiger partial charge in [0, 0.05) is 23.6 Å². The standard InChI is InChI=1S/C18H21N5O/c1-22-9-11-23(12-10-22)17-7-3-2-5-15(17)14-20-21-18(24)16-6-4-8-19-13-16/h2-8,13-14H,9-12H2,1H3,(H,21,24)/p+1/b20-14-. The number of carbonyl (C=O) groups excluding carboxylic acids is 1. The molecule has 24 heavy (non-hydrogen) atoms. The molecule has 3 rings (SSSR count). The Hall–Kier alpha value is -2.73. The number of aromatic nitrogens is 1. The number of rotatable bonds is 4. The van der Waals surface area contributed by atoms with Crippen LogP contribution in [-0.4, -0.2) is 50.3 Å². The van der Waals surface area contributed by atoms with Crippen molar-refractivity contribution in [1.29, 1.82) is 0 Å². The van der Waals surface area contributed by atoms with Crippen molar-refractivity contribution < 1.29 is 9.69 Å². The zero-order valence-electron chi connectivity index (χ0n) is 13.8. The van der Waals surface area contributed by atoms with E-state index < -0.39 is 0 Å². The molecule has 2 heterocycles. The number of carbonyl (C=O) groups is 1. The van der Waals surface area contributed by atoms with Gasteiger partial charge in [-0.15, -0.1) is 0 Å². The Morgan fingerprint density at radius 3 is 2.79 bits per heavy atom. The molecule has 1 amide bonds. The van der Waals surface area contributed by atoms with E-state index in [2.05, 4.69) is 33.5 Å².